The molecule has 3 heterocycles. The van der Waals surface area contributed by atoms with Crippen LogP contribution in [0.1, 0.15) is 25.3 Å². The Labute approximate surface area is 189 Å². The lowest BCUT2D eigenvalue weighted by atomic mass is 10.1. The number of halogens is 2. The number of ether oxygens (including phenoxy) is 2. The van der Waals surface area contributed by atoms with Gasteiger partial charge >= 0.3 is 0 Å². The van der Waals surface area contributed by atoms with Crippen LogP contribution >= 0.6 is 0 Å². The van der Waals surface area contributed by atoms with E-state index in [1.54, 1.807) is 12.3 Å². The first-order valence-electron chi connectivity index (χ1n) is 10.8. The molecule has 1 aliphatic carbocycles. The Morgan fingerprint density at radius 2 is 2.06 bits per heavy atom. The van der Waals surface area contributed by atoms with Crippen molar-refractivity contribution in [3.8, 4) is 23.1 Å². The third kappa shape index (κ3) is 4.78. The third-order valence-corrected chi connectivity index (χ3v) is 5.91. The van der Waals surface area contributed by atoms with Gasteiger partial charge in [0.05, 0.1) is 42.7 Å². The molecule has 2 atom stereocenters. The van der Waals surface area contributed by atoms with Gasteiger partial charge in [0.25, 0.3) is 0 Å². The van der Waals surface area contributed by atoms with Crippen molar-refractivity contribution in [2.24, 2.45) is 11.8 Å². The fourth-order valence-electron chi connectivity index (χ4n) is 3.86. The van der Waals surface area contributed by atoms with Gasteiger partial charge in [-0.15, -0.1) is 0 Å². The number of anilines is 2. The van der Waals surface area contributed by atoms with Gasteiger partial charge in [-0.25, -0.2) is 18.7 Å². The zero-order valence-electron chi connectivity index (χ0n) is 17.7. The fraction of sp³-hybridized carbons (Fsp3) is 0.391. The Kier molecular flexibility index (Phi) is 5.88. The highest BCUT2D eigenvalue weighted by atomic mass is 19.1. The Hall–Kier alpha value is -3.58. The molecule has 1 aromatic carbocycles. The molecule has 1 saturated heterocycles. The predicted octanol–water partition coefficient (Wildman–Crippen LogP) is 4.25. The Balaban J connectivity index is 1.29. The van der Waals surface area contributed by atoms with E-state index in [9.17, 15) is 8.78 Å². The molecular formula is C23H22F2N6O2. The topological polar surface area (TPSA) is 97.9 Å². The van der Waals surface area contributed by atoms with Crippen molar-refractivity contribution in [2.75, 3.05) is 25.1 Å². The molecular weight excluding hydrogens is 430 g/mol. The van der Waals surface area contributed by atoms with Crippen molar-refractivity contribution >= 4 is 11.6 Å². The molecule has 2 fully saturated rings. The van der Waals surface area contributed by atoms with E-state index in [1.165, 1.54) is 12.1 Å². The highest BCUT2D eigenvalue weighted by Crippen LogP contribution is 2.38. The molecule has 10 heteroatoms. The van der Waals surface area contributed by atoms with Gasteiger partial charge in [0.15, 0.2) is 17.4 Å². The van der Waals surface area contributed by atoms with Gasteiger partial charge < -0.3 is 14.8 Å². The molecule has 33 heavy (non-hydrogen) atoms. The molecule has 1 N–H and O–H groups in total. The van der Waals surface area contributed by atoms with E-state index in [4.69, 9.17) is 14.7 Å². The molecule has 0 radical (unpaired) electrons. The highest BCUT2D eigenvalue weighted by molar-refractivity contribution is 5.63. The zero-order chi connectivity index (χ0) is 22.8. The van der Waals surface area contributed by atoms with Crippen LogP contribution in [-0.4, -0.2) is 39.6 Å². The minimum atomic E-state index is -0.665. The second-order valence-corrected chi connectivity index (χ2v) is 8.26. The van der Waals surface area contributed by atoms with Crippen molar-refractivity contribution < 1.29 is 18.3 Å². The minimum Gasteiger partial charge on any atom is -0.490 e. The molecule has 1 saturated carbocycles. The summed E-state index contributed by atoms with van der Waals surface area (Å²) in [6.07, 6.45) is 7.11. The minimum absolute atomic E-state index is 0.0165. The average Bonchev–Trinajstić information content (AvgIpc) is 3.45. The van der Waals surface area contributed by atoms with Crippen molar-refractivity contribution in [2.45, 2.75) is 25.3 Å². The van der Waals surface area contributed by atoms with Crippen LogP contribution in [-0.2, 0) is 4.74 Å². The number of aromatic nitrogens is 4. The number of nitrogens with one attached hydrogen (secondary N) is 1. The van der Waals surface area contributed by atoms with E-state index in [-0.39, 0.29) is 47.4 Å². The summed E-state index contributed by atoms with van der Waals surface area (Å²) in [4.78, 5) is 8.23. The maximum atomic E-state index is 14.6. The first-order valence-corrected chi connectivity index (χ1v) is 10.8. The first-order chi connectivity index (χ1) is 16.1. The molecule has 2 unspecified atom stereocenters. The summed E-state index contributed by atoms with van der Waals surface area (Å²) in [5.74, 6) is -0.922. The van der Waals surface area contributed by atoms with Gasteiger partial charge in [-0.05, 0) is 37.5 Å². The SMILES string of the molecule is N#CC1CC1COc1ccc(-c2nc(Nc3cnn(C4CCOCC4)c3)ncc2F)cc1F. The van der Waals surface area contributed by atoms with E-state index >= 15 is 0 Å². The normalized spacial score (nSPS) is 20.3. The molecule has 0 amide bonds. The predicted molar refractivity (Wildman–Crippen MR) is 115 cm³/mol. The van der Waals surface area contributed by atoms with Crippen LogP contribution in [0.4, 0.5) is 20.4 Å². The molecule has 8 nitrogen and oxygen atoms in total. The van der Waals surface area contributed by atoms with Gasteiger partial charge in [0.1, 0.15) is 5.69 Å². The maximum Gasteiger partial charge on any atom is 0.228 e. The maximum absolute atomic E-state index is 14.6. The summed E-state index contributed by atoms with van der Waals surface area (Å²) in [6, 6.07) is 6.62. The first kappa shape index (κ1) is 21.3. The van der Waals surface area contributed by atoms with E-state index in [2.05, 4.69) is 26.5 Å². The van der Waals surface area contributed by atoms with Gasteiger partial charge in [-0.3, -0.25) is 4.68 Å². The summed E-state index contributed by atoms with van der Waals surface area (Å²) in [5.41, 5.74) is 0.910. The summed E-state index contributed by atoms with van der Waals surface area (Å²) in [5, 5.41) is 16.3. The monoisotopic (exact) mass is 452 g/mol. The number of hydrogen-bond acceptors (Lipinski definition) is 7. The zero-order valence-corrected chi connectivity index (χ0v) is 17.7. The summed E-state index contributed by atoms with van der Waals surface area (Å²) in [7, 11) is 0. The van der Waals surface area contributed by atoms with Gasteiger partial charge in [0, 0.05) is 30.9 Å². The molecule has 2 aromatic heterocycles. The number of nitriles is 1. The lowest BCUT2D eigenvalue weighted by Gasteiger charge is -2.22. The highest BCUT2D eigenvalue weighted by Gasteiger charge is 2.38. The standard InChI is InChI=1S/C23H22F2N6O2/c24-19-8-14(1-2-21(19)33-13-16-7-15(16)9-26)22-20(25)11-27-23(30-22)29-17-10-28-31(12-17)18-3-5-32-6-4-18/h1-2,8,10-12,15-16,18H,3-7,13H2,(H,27,29,30). The third-order valence-electron chi connectivity index (χ3n) is 5.91. The van der Waals surface area contributed by atoms with Crippen molar-refractivity contribution in [1.82, 2.24) is 19.7 Å². The van der Waals surface area contributed by atoms with E-state index in [0.29, 0.717) is 18.9 Å². The van der Waals surface area contributed by atoms with E-state index < -0.39 is 11.6 Å². The molecule has 2 aliphatic rings. The van der Waals surface area contributed by atoms with Crippen LogP contribution in [0.25, 0.3) is 11.3 Å². The van der Waals surface area contributed by atoms with Crippen LogP contribution < -0.4 is 10.1 Å². The Morgan fingerprint density at radius 1 is 1.21 bits per heavy atom. The largest absolute Gasteiger partial charge is 0.490 e. The van der Waals surface area contributed by atoms with Crippen molar-refractivity contribution in [3.05, 3.63) is 48.4 Å². The van der Waals surface area contributed by atoms with Crippen LogP contribution in [0.3, 0.4) is 0 Å². The van der Waals surface area contributed by atoms with Gasteiger partial charge in [-0.1, -0.05) is 0 Å². The second-order valence-electron chi connectivity index (χ2n) is 8.26. The molecule has 170 valence electrons. The molecule has 5 rings (SSSR count). The number of rotatable bonds is 7. The number of hydrogen-bond donors (Lipinski definition) is 1. The Bertz CT molecular complexity index is 1190. The average molecular weight is 452 g/mol. The lowest BCUT2D eigenvalue weighted by Crippen LogP contribution is -2.19. The fourth-order valence-corrected chi connectivity index (χ4v) is 3.86. The number of nitrogens with zero attached hydrogens (tertiary/aromatic N) is 5. The molecule has 3 aromatic rings. The summed E-state index contributed by atoms with van der Waals surface area (Å²) >= 11 is 0. The molecule has 0 bridgehead atoms. The smallest absolute Gasteiger partial charge is 0.228 e. The second kappa shape index (κ2) is 9.11. The summed E-state index contributed by atoms with van der Waals surface area (Å²) < 4.78 is 41.8. The summed E-state index contributed by atoms with van der Waals surface area (Å²) in [6.45, 7) is 1.70. The molecule has 0 spiro atoms. The van der Waals surface area contributed by atoms with Crippen LogP contribution in [0, 0.1) is 34.8 Å². The quantitative estimate of drug-likeness (QED) is 0.572. The van der Waals surface area contributed by atoms with Gasteiger partial charge in [-0.2, -0.15) is 10.4 Å². The van der Waals surface area contributed by atoms with E-state index in [0.717, 1.165) is 25.5 Å². The van der Waals surface area contributed by atoms with Crippen LogP contribution in [0.2, 0.25) is 0 Å². The molecule has 1 aliphatic heterocycles. The van der Waals surface area contributed by atoms with E-state index in [1.807, 2.05) is 10.9 Å². The van der Waals surface area contributed by atoms with Crippen LogP contribution in [0.15, 0.2) is 36.8 Å². The van der Waals surface area contributed by atoms with Gasteiger partial charge in [0.2, 0.25) is 5.95 Å². The number of benzene rings is 1. The lowest BCUT2D eigenvalue weighted by molar-refractivity contribution is 0.0662. The van der Waals surface area contributed by atoms with Crippen molar-refractivity contribution in [3.63, 3.8) is 0 Å². The Morgan fingerprint density at radius 3 is 2.82 bits per heavy atom. The van der Waals surface area contributed by atoms with Crippen LogP contribution in [0.5, 0.6) is 5.75 Å². The van der Waals surface area contributed by atoms with Crippen molar-refractivity contribution in [1.29, 1.82) is 5.26 Å².